The van der Waals surface area contributed by atoms with Crippen LogP contribution in [0.5, 0.6) is 5.75 Å². The van der Waals surface area contributed by atoms with Gasteiger partial charge in [0.15, 0.2) is 0 Å². The van der Waals surface area contributed by atoms with E-state index in [-0.39, 0.29) is 5.57 Å². The molecule has 0 saturated carbocycles. The molecule has 0 spiro atoms. The molecule has 1 aromatic carbocycles. The van der Waals surface area contributed by atoms with Crippen LogP contribution < -0.4 is 8.91 Å². The summed E-state index contributed by atoms with van der Waals surface area (Å²) in [5, 5.41) is 0. The van der Waals surface area contributed by atoms with Crippen LogP contribution >= 0.6 is 0 Å². The van der Waals surface area contributed by atoms with Gasteiger partial charge in [0, 0.05) is 5.57 Å². The Labute approximate surface area is 97.1 Å². The third-order valence-electron chi connectivity index (χ3n) is 1.76. The monoisotopic (exact) mass is 239 g/mol. The Balaban J connectivity index is 2.55. The maximum absolute atomic E-state index is 11.3. The van der Waals surface area contributed by atoms with Crippen LogP contribution in [0.4, 0.5) is 0 Å². The van der Waals surface area contributed by atoms with Crippen LogP contribution in [0.15, 0.2) is 36.4 Å². The molecule has 1 amide bonds. The minimum absolute atomic E-state index is 0.279. The SMILES string of the molecule is C=C(C)C(=O)NS(=O)Oc1ccc(C)cc1. The van der Waals surface area contributed by atoms with Crippen LogP contribution in [0, 0.1) is 6.92 Å². The van der Waals surface area contributed by atoms with Gasteiger partial charge in [0.1, 0.15) is 5.75 Å². The van der Waals surface area contributed by atoms with Gasteiger partial charge in [0.25, 0.3) is 5.91 Å². The van der Waals surface area contributed by atoms with E-state index in [0.717, 1.165) is 5.56 Å². The number of benzene rings is 1. The molecule has 1 rings (SSSR count). The number of amides is 1. The Kier molecular flexibility index (Phi) is 4.25. The molecule has 0 aliphatic carbocycles. The predicted octanol–water partition coefficient (Wildman–Crippen LogP) is 1.64. The maximum atomic E-state index is 11.3. The normalized spacial score (nSPS) is 11.6. The quantitative estimate of drug-likeness (QED) is 0.813. The molecular weight excluding hydrogens is 226 g/mol. The number of hydrogen-bond acceptors (Lipinski definition) is 3. The van der Waals surface area contributed by atoms with Gasteiger partial charge in [0.2, 0.25) is 0 Å². The van der Waals surface area contributed by atoms with Gasteiger partial charge in [-0.15, -0.1) is 0 Å². The number of carbonyl (C=O) groups excluding carboxylic acids is 1. The van der Waals surface area contributed by atoms with E-state index in [1.54, 1.807) is 12.1 Å². The van der Waals surface area contributed by atoms with Crippen LogP contribution in [0.25, 0.3) is 0 Å². The molecule has 1 aromatic rings. The summed E-state index contributed by atoms with van der Waals surface area (Å²) < 4.78 is 18.5. The van der Waals surface area contributed by atoms with E-state index in [9.17, 15) is 9.00 Å². The molecule has 0 saturated heterocycles. The Morgan fingerprint density at radius 1 is 1.38 bits per heavy atom. The average molecular weight is 239 g/mol. The summed E-state index contributed by atoms with van der Waals surface area (Å²) in [7, 11) is 0. The fourth-order valence-corrected chi connectivity index (χ4v) is 1.52. The molecule has 5 heteroatoms. The highest BCUT2D eigenvalue weighted by Gasteiger charge is 2.08. The molecule has 1 N–H and O–H groups in total. The molecule has 0 fully saturated rings. The summed E-state index contributed by atoms with van der Waals surface area (Å²) in [5.41, 5.74) is 1.35. The maximum Gasteiger partial charge on any atom is 0.318 e. The summed E-state index contributed by atoms with van der Waals surface area (Å²) in [6.45, 7) is 6.89. The Morgan fingerprint density at radius 3 is 2.44 bits per heavy atom. The number of nitrogens with one attached hydrogen (secondary N) is 1. The number of aryl methyl sites for hydroxylation is 1. The van der Waals surface area contributed by atoms with Gasteiger partial charge in [-0.25, -0.2) is 4.72 Å². The molecule has 4 nitrogen and oxygen atoms in total. The third-order valence-corrected chi connectivity index (χ3v) is 2.45. The Hall–Kier alpha value is -1.62. The standard InChI is InChI=1S/C11H13NO3S/c1-8(2)11(13)12-16(14)15-10-6-4-9(3)5-7-10/h4-7H,1H2,2-3H3,(H,12,13). The van der Waals surface area contributed by atoms with Crippen molar-refractivity contribution in [1.29, 1.82) is 0 Å². The minimum atomic E-state index is -1.89. The van der Waals surface area contributed by atoms with Gasteiger partial charge in [-0.05, 0) is 26.0 Å². The van der Waals surface area contributed by atoms with Crippen LogP contribution in [-0.4, -0.2) is 10.1 Å². The second kappa shape index (κ2) is 5.46. The van der Waals surface area contributed by atoms with Crippen molar-refractivity contribution in [3.05, 3.63) is 42.0 Å². The number of hydrogen-bond donors (Lipinski definition) is 1. The van der Waals surface area contributed by atoms with E-state index >= 15 is 0 Å². The molecule has 1 unspecified atom stereocenters. The Morgan fingerprint density at radius 2 is 1.94 bits per heavy atom. The molecular formula is C11H13NO3S. The number of carbonyl (C=O) groups is 1. The highest BCUT2D eigenvalue weighted by Crippen LogP contribution is 2.11. The summed E-state index contributed by atoms with van der Waals surface area (Å²) in [5.74, 6) is -0.0589. The van der Waals surface area contributed by atoms with Gasteiger partial charge < -0.3 is 4.18 Å². The van der Waals surface area contributed by atoms with E-state index in [4.69, 9.17) is 4.18 Å². The van der Waals surface area contributed by atoms with Gasteiger partial charge in [-0.3, -0.25) is 4.79 Å². The fourth-order valence-electron chi connectivity index (χ4n) is 0.865. The van der Waals surface area contributed by atoms with Gasteiger partial charge in [-0.2, -0.15) is 4.21 Å². The van der Waals surface area contributed by atoms with E-state index in [1.165, 1.54) is 6.92 Å². The van der Waals surface area contributed by atoms with Gasteiger partial charge in [0.05, 0.1) is 0 Å². The van der Waals surface area contributed by atoms with Crippen LogP contribution in [-0.2, 0) is 16.1 Å². The summed E-state index contributed by atoms with van der Waals surface area (Å²) in [4.78, 5) is 11.1. The first kappa shape index (κ1) is 12.4. The highest BCUT2D eigenvalue weighted by molar-refractivity contribution is 7.79. The first-order valence-corrected chi connectivity index (χ1v) is 5.70. The molecule has 0 aromatic heterocycles. The van der Waals surface area contributed by atoms with E-state index in [1.807, 2.05) is 19.1 Å². The largest absolute Gasteiger partial charge is 0.385 e. The lowest BCUT2D eigenvalue weighted by Gasteiger charge is -2.05. The minimum Gasteiger partial charge on any atom is -0.385 e. The highest BCUT2D eigenvalue weighted by atomic mass is 32.2. The van der Waals surface area contributed by atoms with Crippen molar-refractivity contribution in [3.8, 4) is 5.75 Å². The van der Waals surface area contributed by atoms with Crippen molar-refractivity contribution in [2.75, 3.05) is 0 Å². The summed E-state index contributed by atoms with van der Waals surface area (Å²) in [6, 6.07) is 7.01. The molecule has 16 heavy (non-hydrogen) atoms. The van der Waals surface area contributed by atoms with Crippen molar-refractivity contribution in [3.63, 3.8) is 0 Å². The molecule has 0 bridgehead atoms. The molecule has 1 atom stereocenters. The molecule has 0 radical (unpaired) electrons. The van der Waals surface area contributed by atoms with Crippen LogP contribution in [0.2, 0.25) is 0 Å². The van der Waals surface area contributed by atoms with Crippen LogP contribution in [0.1, 0.15) is 12.5 Å². The first-order chi connectivity index (χ1) is 7.49. The molecule has 0 aliphatic rings. The molecule has 86 valence electrons. The third kappa shape index (κ3) is 3.86. The Bertz CT molecular complexity index is 425. The second-order valence-corrected chi connectivity index (χ2v) is 4.18. The zero-order valence-corrected chi connectivity index (χ0v) is 9.97. The zero-order valence-electron chi connectivity index (χ0n) is 9.15. The summed E-state index contributed by atoms with van der Waals surface area (Å²) >= 11 is -1.89. The summed E-state index contributed by atoms with van der Waals surface area (Å²) in [6.07, 6.45) is 0. The van der Waals surface area contributed by atoms with E-state index in [0.29, 0.717) is 5.75 Å². The topological polar surface area (TPSA) is 55.4 Å². The average Bonchev–Trinajstić information content (AvgIpc) is 2.21. The predicted molar refractivity (Wildman–Crippen MR) is 62.9 cm³/mol. The first-order valence-electron chi connectivity index (χ1n) is 4.62. The van der Waals surface area contributed by atoms with Crippen molar-refractivity contribution in [2.24, 2.45) is 0 Å². The van der Waals surface area contributed by atoms with Crippen molar-refractivity contribution < 1.29 is 13.2 Å². The van der Waals surface area contributed by atoms with Gasteiger partial charge in [-0.1, -0.05) is 24.3 Å². The lowest BCUT2D eigenvalue weighted by Crippen LogP contribution is -2.28. The smallest absolute Gasteiger partial charge is 0.318 e. The molecule has 0 heterocycles. The van der Waals surface area contributed by atoms with E-state index in [2.05, 4.69) is 11.3 Å². The van der Waals surface area contributed by atoms with Crippen molar-refractivity contribution in [2.45, 2.75) is 13.8 Å². The van der Waals surface area contributed by atoms with Gasteiger partial charge >= 0.3 is 11.3 Å². The van der Waals surface area contributed by atoms with Crippen molar-refractivity contribution >= 4 is 17.2 Å². The second-order valence-electron chi connectivity index (χ2n) is 3.34. The zero-order chi connectivity index (χ0) is 12.1. The lowest BCUT2D eigenvalue weighted by molar-refractivity contribution is -0.115. The number of rotatable bonds is 4. The fraction of sp³-hybridized carbons (Fsp3) is 0.182. The van der Waals surface area contributed by atoms with Crippen LogP contribution in [0.3, 0.4) is 0 Å². The van der Waals surface area contributed by atoms with Crippen molar-refractivity contribution in [1.82, 2.24) is 4.72 Å². The van der Waals surface area contributed by atoms with E-state index < -0.39 is 17.2 Å². The molecule has 0 aliphatic heterocycles. The lowest BCUT2D eigenvalue weighted by atomic mass is 10.2.